The number of amides is 1. The van der Waals surface area contributed by atoms with Crippen molar-refractivity contribution in [1.82, 2.24) is 10.4 Å². The molecule has 0 spiro atoms. The molecule has 6 nitrogen and oxygen atoms in total. The predicted octanol–water partition coefficient (Wildman–Crippen LogP) is -1.16. The maximum atomic E-state index is 10.9. The Labute approximate surface area is 67.5 Å². The second kappa shape index (κ2) is 2.42. The Morgan fingerprint density at radius 3 is 3.00 bits per heavy atom. The first-order valence-electron chi connectivity index (χ1n) is 3.31. The van der Waals surface area contributed by atoms with Crippen LogP contribution in [-0.4, -0.2) is 22.6 Å². The van der Waals surface area contributed by atoms with Crippen molar-refractivity contribution in [2.24, 2.45) is 10.8 Å². The summed E-state index contributed by atoms with van der Waals surface area (Å²) in [6.07, 6.45) is 2.71. The standard InChI is InChI=1S/C6H6N4O2/c7-4-5(9-10-6(4)11)3-1-8-2-12-3/h1-2,4H,7H2,(H,10,11). The van der Waals surface area contributed by atoms with E-state index in [-0.39, 0.29) is 5.91 Å². The number of nitrogens with zero attached hydrogens (tertiary/aromatic N) is 2. The van der Waals surface area contributed by atoms with Crippen molar-refractivity contribution < 1.29 is 9.21 Å². The number of rotatable bonds is 1. The zero-order chi connectivity index (χ0) is 8.55. The first kappa shape index (κ1) is 6.99. The monoisotopic (exact) mass is 166 g/mol. The van der Waals surface area contributed by atoms with Crippen LogP contribution in [0, 0.1) is 0 Å². The van der Waals surface area contributed by atoms with Crippen molar-refractivity contribution in [3.8, 4) is 0 Å². The number of oxazole rings is 1. The Morgan fingerprint density at radius 1 is 1.67 bits per heavy atom. The molecule has 12 heavy (non-hydrogen) atoms. The molecule has 1 aliphatic heterocycles. The van der Waals surface area contributed by atoms with Crippen LogP contribution in [0.2, 0.25) is 0 Å². The number of nitrogens with one attached hydrogen (secondary N) is 1. The second-order valence-corrected chi connectivity index (χ2v) is 2.32. The molecule has 1 aromatic rings. The molecule has 2 heterocycles. The minimum absolute atomic E-state index is 0.332. The van der Waals surface area contributed by atoms with E-state index in [0.29, 0.717) is 11.5 Å². The number of hydrogen-bond donors (Lipinski definition) is 2. The van der Waals surface area contributed by atoms with E-state index in [1.807, 2.05) is 0 Å². The molecule has 62 valence electrons. The minimum Gasteiger partial charge on any atom is -0.442 e. The van der Waals surface area contributed by atoms with Gasteiger partial charge in [0.25, 0.3) is 5.91 Å². The van der Waals surface area contributed by atoms with E-state index < -0.39 is 6.04 Å². The van der Waals surface area contributed by atoms with Gasteiger partial charge in [-0.2, -0.15) is 5.10 Å². The third-order valence-corrected chi connectivity index (χ3v) is 1.55. The van der Waals surface area contributed by atoms with Crippen molar-refractivity contribution in [3.05, 3.63) is 18.4 Å². The molecule has 1 aliphatic rings. The molecule has 3 N–H and O–H groups in total. The van der Waals surface area contributed by atoms with Gasteiger partial charge in [0, 0.05) is 0 Å². The Hall–Kier alpha value is -1.69. The first-order chi connectivity index (χ1) is 5.79. The number of hydrogen-bond acceptors (Lipinski definition) is 5. The zero-order valence-electron chi connectivity index (χ0n) is 6.02. The lowest BCUT2D eigenvalue weighted by atomic mass is 10.1. The van der Waals surface area contributed by atoms with Crippen molar-refractivity contribution in [2.75, 3.05) is 0 Å². The van der Waals surface area contributed by atoms with Crippen molar-refractivity contribution in [2.45, 2.75) is 6.04 Å². The van der Waals surface area contributed by atoms with Crippen molar-refractivity contribution in [3.63, 3.8) is 0 Å². The summed E-state index contributed by atoms with van der Waals surface area (Å²) in [6.45, 7) is 0. The van der Waals surface area contributed by atoms with Crippen molar-refractivity contribution in [1.29, 1.82) is 0 Å². The van der Waals surface area contributed by atoms with Gasteiger partial charge in [0.2, 0.25) is 0 Å². The van der Waals surface area contributed by atoms with Gasteiger partial charge in [-0.15, -0.1) is 0 Å². The highest BCUT2D eigenvalue weighted by Crippen LogP contribution is 2.06. The molecule has 1 atom stereocenters. The third-order valence-electron chi connectivity index (χ3n) is 1.55. The Bertz CT molecular complexity index is 329. The number of hydrazone groups is 1. The predicted molar refractivity (Wildman–Crippen MR) is 39.2 cm³/mol. The van der Waals surface area contributed by atoms with Gasteiger partial charge in [-0.05, 0) is 0 Å². The number of carbonyl (C=O) groups is 1. The molecular formula is C6H6N4O2. The summed E-state index contributed by atoms with van der Waals surface area (Å²) >= 11 is 0. The van der Waals surface area contributed by atoms with Crippen molar-refractivity contribution >= 4 is 11.6 Å². The van der Waals surface area contributed by atoms with Crippen LogP contribution >= 0.6 is 0 Å². The first-order valence-corrected chi connectivity index (χ1v) is 3.31. The lowest BCUT2D eigenvalue weighted by Gasteiger charge is -1.98. The van der Waals surface area contributed by atoms with Gasteiger partial charge >= 0.3 is 0 Å². The van der Waals surface area contributed by atoms with Gasteiger partial charge in [-0.3, -0.25) is 4.79 Å². The number of carbonyl (C=O) groups excluding carboxylic acids is 1. The SMILES string of the molecule is NC1C(=O)NN=C1c1cnco1. The Kier molecular flexibility index (Phi) is 1.41. The van der Waals surface area contributed by atoms with Crippen LogP contribution < -0.4 is 11.2 Å². The van der Waals surface area contributed by atoms with Gasteiger partial charge in [0.1, 0.15) is 11.8 Å². The van der Waals surface area contributed by atoms with E-state index in [0.717, 1.165) is 0 Å². The average molecular weight is 166 g/mol. The van der Waals surface area contributed by atoms with Gasteiger partial charge in [-0.25, -0.2) is 10.4 Å². The van der Waals surface area contributed by atoms with Gasteiger partial charge in [-0.1, -0.05) is 0 Å². The zero-order valence-corrected chi connectivity index (χ0v) is 6.02. The maximum absolute atomic E-state index is 10.9. The van der Waals surface area contributed by atoms with E-state index in [1.54, 1.807) is 0 Å². The lowest BCUT2D eigenvalue weighted by Crippen LogP contribution is -2.37. The molecule has 1 aromatic heterocycles. The summed E-state index contributed by atoms with van der Waals surface area (Å²) in [5.74, 6) is 0.0854. The van der Waals surface area contributed by atoms with Gasteiger partial charge in [0.05, 0.1) is 6.20 Å². The summed E-state index contributed by atoms with van der Waals surface area (Å²) in [5, 5.41) is 3.70. The Balaban J connectivity index is 2.32. The molecule has 0 fully saturated rings. The fraction of sp³-hybridized carbons (Fsp3) is 0.167. The molecule has 0 bridgehead atoms. The van der Waals surface area contributed by atoms with Gasteiger partial charge < -0.3 is 10.2 Å². The number of nitrogens with two attached hydrogens (primary N) is 1. The molecule has 1 amide bonds. The normalized spacial score (nSPS) is 22.2. The molecule has 0 aliphatic carbocycles. The van der Waals surface area contributed by atoms with Crippen LogP contribution in [0.1, 0.15) is 5.76 Å². The van der Waals surface area contributed by atoms with Crippen LogP contribution in [0.15, 0.2) is 22.1 Å². The molecule has 1 unspecified atom stereocenters. The van der Waals surface area contributed by atoms with Crippen LogP contribution in [0.25, 0.3) is 0 Å². The van der Waals surface area contributed by atoms with E-state index in [4.69, 9.17) is 10.2 Å². The Morgan fingerprint density at radius 2 is 2.50 bits per heavy atom. The topological polar surface area (TPSA) is 93.5 Å². The third kappa shape index (κ3) is 0.892. The molecule has 0 aromatic carbocycles. The smallest absolute Gasteiger partial charge is 0.263 e. The van der Waals surface area contributed by atoms with Crippen LogP contribution in [0.5, 0.6) is 0 Å². The highest BCUT2D eigenvalue weighted by molar-refractivity contribution is 6.17. The quantitative estimate of drug-likeness (QED) is 0.550. The summed E-state index contributed by atoms with van der Waals surface area (Å²) in [7, 11) is 0. The molecule has 6 heteroatoms. The summed E-state index contributed by atoms with van der Waals surface area (Å²) < 4.78 is 4.92. The summed E-state index contributed by atoms with van der Waals surface area (Å²) in [6, 6.07) is -0.752. The summed E-state index contributed by atoms with van der Waals surface area (Å²) in [5.41, 5.74) is 8.11. The lowest BCUT2D eigenvalue weighted by molar-refractivity contribution is -0.120. The van der Waals surface area contributed by atoms with E-state index >= 15 is 0 Å². The molecule has 0 saturated carbocycles. The highest BCUT2D eigenvalue weighted by Gasteiger charge is 2.28. The van der Waals surface area contributed by atoms with Gasteiger partial charge in [0.15, 0.2) is 12.2 Å². The highest BCUT2D eigenvalue weighted by atomic mass is 16.3. The minimum atomic E-state index is -0.752. The molecule has 2 rings (SSSR count). The van der Waals surface area contributed by atoms with Crippen LogP contribution in [0.3, 0.4) is 0 Å². The summed E-state index contributed by atoms with van der Waals surface area (Å²) in [4.78, 5) is 14.6. The van der Waals surface area contributed by atoms with E-state index in [1.165, 1.54) is 12.6 Å². The van der Waals surface area contributed by atoms with Crippen LogP contribution in [-0.2, 0) is 4.79 Å². The van der Waals surface area contributed by atoms with E-state index in [2.05, 4.69) is 15.5 Å². The van der Waals surface area contributed by atoms with Crippen LogP contribution in [0.4, 0.5) is 0 Å². The maximum Gasteiger partial charge on any atom is 0.263 e. The second-order valence-electron chi connectivity index (χ2n) is 2.32. The fourth-order valence-electron chi connectivity index (χ4n) is 0.929. The molecule has 0 radical (unpaired) electrons. The van der Waals surface area contributed by atoms with E-state index in [9.17, 15) is 4.79 Å². The number of aromatic nitrogens is 1. The molecular weight excluding hydrogens is 160 g/mol. The largest absolute Gasteiger partial charge is 0.442 e. The molecule has 0 saturated heterocycles. The average Bonchev–Trinajstić information content (AvgIpc) is 2.64. The fourth-order valence-corrected chi connectivity index (χ4v) is 0.929.